The second kappa shape index (κ2) is 7.95. The summed E-state index contributed by atoms with van der Waals surface area (Å²) in [6.07, 6.45) is 2.88. The third-order valence-electron chi connectivity index (χ3n) is 5.04. The maximum atomic E-state index is 12.8. The number of carbonyl (C=O) groups excluding carboxylic acids is 1. The fraction of sp³-hybridized carbons (Fsp3) is 0.409. The number of rotatable bonds is 8. The van der Waals surface area contributed by atoms with Crippen LogP contribution in [0.1, 0.15) is 48.5 Å². The first-order valence-corrected chi connectivity index (χ1v) is 11.6. The normalized spacial score (nSPS) is 15.3. The lowest BCUT2D eigenvalue weighted by atomic mass is 10.0. The molecule has 0 saturated heterocycles. The van der Waals surface area contributed by atoms with Gasteiger partial charge in [0.05, 0.1) is 11.3 Å². The SMILES string of the molecule is CC(C)c1ccccc1Oc1ccccc1C(=O)NCC1(CS(C)(=O)=O)CC1. The molecular formula is C22H27NO4S. The largest absolute Gasteiger partial charge is 0.456 e. The van der Waals surface area contributed by atoms with E-state index < -0.39 is 9.84 Å². The van der Waals surface area contributed by atoms with Crippen molar-refractivity contribution in [3.8, 4) is 11.5 Å². The predicted octanol–water partition coefficient (Wildman–Crippen LogP) is 4.16. The van der Waals surface area contributed by atoms with E-state index in [9.17, 15) is 13.2 Å². The maximum absolute atomic E-state index is 12.8. The highest BCUT2D eigenvalue weighted by atomic mass is 32.2. The Morgan fingerprint density at radius 3 is 2.29 bits per heavy atom. The molecule has 1 aliphatic rings. The molecule has 150 valence electrons. The molecule has 0 bridgehead atoms. The Bertz CT molecular complexity index is 962. The third-order valence-corrected chi connectivity index (χ3v) is 6.18. The number of ether oxygens (including phenoxy) is 1. The van der Waals surface area contributed by atoms with E-state index in [0.29, 0.717) is 23.8 Å². The van der Waals surface area contributed by atoms with Crippen LogP contribution in [0.25, 0.3) is 0 Å². The van der Waals surface area contributed by atoms with Crippen molar-refractivity contribution >= 4 is 15.7 Å². The zero-order valence-electron chi connectivity index (χ0n) is 16.6. The van der Waals surface area contributed by atoms with E-state index in [1.165, 1.54) is 6.26 Å². The zero-order chi connectivity index (χ0) is 20.4. The number of hydrogen-bond donors (Lipinski definition) is 1. The molecule has 1 fully saturated rings. The van der Waals surface area contributed by atoms with Crippen molar-refractivity contribution in [3.63, 3.8) is 0 Å². The van der Waals surface area contributed by atoms with Gasteiger partial charge >= 0.3 is 0 Å². The van der Waals surface area contributed by atoms with Crippen molar-refractivity contribution in [1.29, 1.82) is 0 Å². The van der Waals surface area contributed by atoms with Crippen molar-refractivity contribution in [2.45, 2.75) is 32.6 Å². The number of hydrogen-bond acceptors (Lipinski definition) is 4. The Morgan fingerprint density at radius 1 is 1.07 bits per heavy atom. The smallest absolute Gasteiger partial charge is 0.255 e. The maximum Gasteiger partial charge on any atom is 0.255 e. The molecule has 2 aromatic rings. The van der Waals surface area contributed by atoms with E-state index in [-0.39, 0.29) is 17.1 Å². The van der Waals surface area contributed by atoms with Gasteiger partial charge in [-0.15, -0.1) is 0 Å². The van der Waals surface area contributed by atoms with Crippen LogP contribution in [0.3, 0.4) is 0 Å². The number of amides is 1. The predicted molar refractivity (Wildman–Crippen MR) is 111 cm³/mol. The Labute approximate surface area is 167 Å². The van der Waals surface area contributed by atoms with E-state index in [1.807, 2.05) is 30.3 Å². The van der Waals surface area contributed by atoms with Gasteiger partial charge in [-0.2, -0.15) is 0 Å². The monoisotopic (exact) mass is 401 g/mol. The number of nitrogens with one attached hydrogen (secondary N) is 1. The van der Waals surface area contributed by atoms with E-state index in [1.54, 1.807) is 18.2 Å². The lowest BCUT2D eigenvalue weighted by molar-refractivity contribution is 0.0944. The van der Waals surface area contributed by atoms with Gasteiger partial charge < -0.3 is 10.1 Å². The summed E-state index contributed by atoms with van der Waals surface area (Å²) in [5.41, 5.74) is 1.20. The molecule has 2 aromatic carbocycles. The molecule has 6 heteroatoms. The van der Waals surface area contributed by atoms with Gasteiger partial charge in [-0.25, -0.2) is 8.42 Å². The Balaban J connectivity index is 1.75. The van der Waals surface area contributed by atoms with E-state index in [2.05, 4.69) is 19.2 Å². The minimum atomic E-state index is -3.07. The van der Waals surface area contributed by atoms with Crippen LogP contribution in [0.5, 0.6) is 11.5 Å². The van der Waals surface area contributed by atoms with Gasteiger partial charge in [0, 0.05) is 18.2 Å². The number of sulfone groups is 1. The van der Waals surface area contributed by atoms with Gasteiger partial charge in [-0.3, -0.25) is 4.79 Å². The molecule has 3 rings (SSSR count). The first-order chi connectivity index (χ1) is 13.2. The van der Waals surface area contributed by atoms with Crippen LogP contribution in [0.2, 0.25) is 0 Å². The van der Waals surface area contributed by atoms with Crippen molar-refractivity contribution in [2.24, 2.45) is 5.41 Å². The van der Waals surface area contributed by atoms with Crippen LogP contribution in [0, 0.1) is 5.41 Å². The molecule has 1 saturated carbocycles. The molecule has 28 heavy (non-hydrogen) atoms. The molecule has 0 aromatic heterocycles. The molecular weight excluding hydrogens is 374 g/mol. The zero-order valence-corrected chi connectivity index (χ0v) is 17.4. The molecule has 0 radical (unpaired) electrons. The summed E-state index contributed by atoms with van der Waals surface area (Å²) in [7, 11) is -3.07. The topological polar surface area (TPSA) is 72.5 Å². The summed E-state index contributed by atoms with van der Waals surface area (Å²) >= 11 is 0. The lowest BCUT2D eigenvalue weighted by Crippen LogP contribution is -2.33. The van der Waals surface area contributed by atoms with E-state index in [4.69, 9.17) is 4.74 Å². The van der Waals surface area contributed by atoms with Crippen molar-refractivity contribution < 1.29 is 17.9 Å². The van der Waals surface area contributed by atoms with Crippen LogP contribution >= 0.6 is 0 Å². The first kappa shape index (κ1) is 20.4. The van der Waals surface area contributed by atoms with Crippen LogP contribution in [-0.2, 0) is 9.84 Å². The summed E-state index contributed by atoms with van der Waals surface area (Å²) in [6, 6.07) is 14.9. The molecule has 5 nitrogen and oxygen atoms in total. The number of para-hydroxylation sites is 2. The van der Waals surface area contributed by atoms with Crippen LogP contribution in [0.15, 0.2) is 48.5 Å². The second-order valence-corrected chi connectivity index (χ2v) is 10.2. The highest BCUT2D eigenvalue weighted by Gasteiger charge is 2.45. The highest BCUT2D eigenvalue weighted by molar-refractivity contribution is 7.90. The second-order valence-electron chi connectivity index (χ2n) is 8.04. The van der Waals surface area contributed by atoms with Crippen LogP contribution < -0.4 is 10.1 Å². The van der Waals surface area contributed by atoms with Gasteiger partial charge in [0.25, 0.3) is 5.91 Å². The molecule has 0 unspecified atom stereocenters. The fourth-order valence-electron chi connectivity index (χ4n) is 3.38. The van der Waals surface area contributed by atoms with Gasteiger partial charge in [0.15, 0.2) is 0 Å². The molecule has 1 N–H and O–H groups in total. The number of carbonyl (C=O) groups is 1. The summed E-state index contributed by atoms with van der Waals surface area (Å²) in [4.78, 5) is 12.8. The van der Waals surface area contributed by atoms with Crippen LogP contribution in [0.4, 0.5) is 0 Å². The van der Waals surface area contributed by atoms with Gasteiger partial charge in [-0.05, 0) is 42.5 Å². The molecule has 0 atom stereocenters. The Morgan fingerprint density at radius 2 is 1.68 bits per heavy atom. The average Bonchev–Trinajstić information content (AvgIpc) is 3.38. The number of benzene rings is 2. The van der Waals surface area contributed by atoms with Crippen LogP contribution in [-0.4, -0.2) is 32.9 Å². The third kappa shape index (κ3) is 5.13. The molecule has 1 aliphatic carbocycles. The fourth-order valence-corrected chi connectivity index (χ4v) is 4.88. The summed E-state index contributed by atoms with van der Waals surface area (Å²) in [6.45, 7) is 4.55. The van der Waals surface area contributed by atoms with Crippen molar-refractivity contribution in [3.05, 3.63) is 59.7 Å². The summed E-state index contributed by atoms with van der Waals surface area (Å²) in [5.74, 6) is 1.37. The van der Waals surface area contributed by atoms with Gasteiger partial charge in [-0.1, -0.05) is 44.2 Å². The first-order valence-electron chi connectivity index (χ1n) is 9.51. The van der Waals surface area contributed by atoms with Crippen molar-refractivity contribution in [1.82, 2.24) is 5.32 Å². The lowest BCUT2D eigenvalue weighted by Gasteiger charge is -2.17. The molecule has 0 spiro atoms. The minimum absolute atomic E-state index is 0.111. The molecule has 1 amide bonds. The van der Waals surface area contributed by atoms with E-state index in [0.717, 1.165) is 24.2 Å². The molecule has 0 aliphatic heterocycles. The van der Waals surface area contributed by atoms with Gasteiger partial charge in [0.2, 0.25) is 0 Å². The average molecular weight is 402 g/mol. The standard InChI is InChI=1S/C22H27NO4S/c1-16(2)17-8-4-6-10-19(17)27-20-11-7-5-9-18(20)21(24)23-14-22(12-13-22)15-28(3,25)26/h4-11,16H,12-15H2,1-3H3,(H,23,24). The van der Waals surface area contributed by atoms with Crippen molar-refractivity contribution in [2.75, 3.05) is 18.6 Å². The van der Waals surface area contributed by atoms with E-state index >= 15 is 0 Å². The summed E-state index contributed by atoms with van der Waals surface area (Å²) < 4.78 is 29.3. The Hall–Kier alpha value is -2.34. The summed E-state index contributed by atoms with van der Waals surface area (Å²) in [5, 5.41) is 2.90. The quantitative estimate of drug-likeness (QED) is 0.721. The Kier molecular flexibility index (Phi) is 5.79. The minimum Gasteiger partial charge on any atom is -0.456 e. The molecule has 0 heterocycles. The highest BCUT2D eigenvalue weighted by Crippen LogP contribution is 2.46. The van der Waals surface area contributed by atoms with Gasteiger partial charge in [0.1, 0.15) is 21.3 Å².